The van der Waals surface area contributed by atoms with E-state index in [1.54, 1.807) is 18.2 Å². The van der Waals surface area contributed by atoms with Crippen LogP contribution in [0.25, 0.3) is 0 Å². The van der Waals surface area contributed by atoms with Crippen molar-refractivity contribution >= 4 is 17.4 Å². The fourth-order valence-electron chi connectivity index (χ4n) is 2.97. The molecule has 1 aliphatic heterocycles. The summed E-state index contributed by atoms with van der Waals surface area (Å²) < 4.78 is 55.7. The number of halogens is 4. The smallest absolute Gasteiger partial charge is 0.416 e. The normalized spacial score (nSPS) is 16.5. The van der Waals surface area contributed by atoms with E-state index in [4.69, 9.17) is 25.8 Å². The topological polar surface area (TPSA) is 44.8 Å². The Morgan fingerprint density at radius 1 is 1.21 bits per heavy atom. The fraction of sp³-hybridized carbons (Fsp3) is 0.350. The summed E-state index contributed by atoms with van der Waals surface area (Å²) >= 11 is 6.13. The minimum Gasteiger partial charge on any atom is -0.493 e. The van der Waals surface area contributed by atoms with Crippen molar-refractivity contribution in [3.8, 4) is 11.5 Å². The molecule has 2 aromatic carbocycles. The van der Waals surface area contributed by atoms with Crippen molar-refractivity contribution in [2.24, 2.45) is 0 Å². The highest BCUT2D eigenvalue weighted by molar-refractivity contribution is 6.32. The first kappa shape index (κ1) is 20.5. The number of rotatable bonds is 6. The minimum absolute atomic E-state index is 0.0207. The Labute approximate surface area is 165 Å². The van der Waals surface area contributed by atoms with Crippen LogP contribution in [0.15, 0.2) is 36.4 Å². The lowest BCUT2D eigenvalue weighted by Crippen LogP contribution is -2.21. The average Bonchev–Trinajstić information content (AvgIpc) is 2.65. The highest BCUT2D eigenvalue weighted by Gasteiger charge is 2.34. The number of hydrogen-bond acceptors (Lipinski definition) is 4. The monoisotopic (exact) mass is 414 g/mol. The summed E-state index contributed by atoms with van der Waals surface area (Å²) in [6, 6.07) is 8.00. The van der Waals surface area contributed by atoms with Crippen molar-refractivity contribution in [1.29, 1.82) is 0 Å². The van der Waals surface area contributed by atoms with Gasteiger partial charge in [0.25, 0.3) is 0 Å². The van der Waals surface area contributed by atoms with Gasteiger partial charge in [0.1, 0.15) is 17.6 Å². The molecule has 0 aliphatic carbocycles. The molecule has 28 heavy (non-hydrogen) atoms. The number of ketones is 1. The Balaban J connectivity index is 1.94. The molecule has 0 fully saturated rings. The van der Waals surface area contributed by atoms with Crippen LogP contribution in [0.1, 0.15) is 40.4 Å². The van der Waals surface area contributed by atoms with Crippen molar-refractivity contribution in [1.82, 2.24) is 0 Å². The summed E-state index contributed by atoms with van der Waals surface area (Å²) in [4.78, 5) is 12.5. The zero-order valence-electron chi connectivity index (χ0n) is 15.0. The number of methoxy groups -OCH3 is 1. The Morgan fingerprint density at radius 3 is 2.71 bits per heavy atom. The summed E-state index contributed by atoms with van der Waals surface area (Å²) in [5, 5.41) is 0.269. The van der Waals surface area contributed by atoms with Crippen LogP contribution in [0.5, 0.6) is 11.5 Å². The van der Waals surface area contributed by atoms with Gasteiger partial charge in [-0.2, -0.15) is 13.2 Å². The van der Waals surface area contributed by atoms with E-state index in [0.29, 0.717) is 24.2 Å². The molecule has 1 atom stereocenters. The quantitative estimate of drug-likeness (QED) is 0.587. The van der Waals surface area contributed by atoms with E-state index in [2.05, 4.69) is 0 Å². The molecule has 0 saturated heterocycles. The number of Topliss-reactive ketones (excluding diaryl/α,β-unsaturated/α-hetero) is 1. The van der Waals surface area contributed by atoms with Gasteiger partial charge in [-0.25, -0.2) is 0 Å². The van der Waals surface area contributed by atoms with E-state index in [1.165, 1.54) is 13.2 Å². The molecular formula is C20H18ClF3O4. The number of ether oxygens (including phenoxy) is 3. The summed E-state index contributed by atoms with van der Waals surface area (Å²) in [5.74, 6) is 0.0638. The number of carbonyl (C=O) groups excluding carboxylic acids is 1. The van der Waals surface area contributed by atoms with Gasteiger partial charge in [0.05, 0.1) is 29.2 Å². The van der Waals surface area contributed by atoms with Crippen LogP contribution in [0.3, 0.4) is 0 Å². The summed E-state index contributed by atoms with van der Waals surface area (Å²) in [6.45, 7) is 0.579. The van der Waals surface area contributed by atoms with Gasteiger partial charge in [-0.05, 0) is 24.3 Å². The molecule has 2 aromatic rings. The van der Waals surface area contributed by atoms with E-state index < -0.39 is 17.8 Å². The maximum atomic E-state index is 13.1. The molecule has 0 bridgehead atoms. The number of hydrogen-bond donors (Lipinski definition) is 0. The van der Waals surface area contributed by atoms with Crippen molar-refractivity contribution in [3.63, 3.8) is 0 Å². The van der Waals surface area contributed by atoms with E-state index in [0.717, 1.165) is 12.1 Å². The van der Waals surface area contributed by atoms with Crippen LogP contribution in [0.4, 0.5) is 13.2 Å². The van der Waals surface area contributed by atoms with Gasteiger partial charge in [0.15, 0.2) is 5.78 Å². The number of carbonyl (C=O) groups is 1. The third-order valence-electron chi connectivity index (χ3n) is 4.34. The van der Waals surface area contributed by atoms with E-state index in [9.17, 15) is 18.0 Å². The zero-order valence-corrected chi connectivity index (χ0v) is 15.8. The zero-order chi connectivity index (χ0) is 20.3. The second-order valence-electron chi connectivity index (χ2n) is 6.30. The number of para-hydroxylation sites is 1. The largest absolute Gasteiger partial charge is 0.493 e. The van der Waals surface area contributed by atoms with Crippen LogP contribution in [-0.2, 0) is 10.9 Å². The van der Waals surface area contributed by atoms with Crippen molar-refractivity contribution in [2.45, 2.75) is 25.1 Å². The van der Waals surface area contributed by atoms with Crippen LogP contribution in [-0.4, -0.2) is 26.1 Å². The first-order valence-electron chi connectivity index (χ1n) is 8.62. The lowest BCUT2D eigenvalue weighted by molar-refractivity contribution is -0.137. The minimum atomic E-state index is -4.51. The molecule has 150 valence electrons. The van der Waals surface area contributed by atoms with Gasteiger partial charge in [0.2, 0.25) is 0 Å². The molecule has 8 heteroatoms. The standard InChI is InChI=1S/C20H18ClF3O4/c1-26-8-3-9-27-17-10-12(20(22,23)24)6-7-14(17)18-11-16(25)13-4-2-5-15(21)19(13)28-18/h2,4-7,10,18H,3,8-9,11H2,1H3. The Kier molecular flexibility index (Phi) is 6.15. The molecule has 0 N–H and O–H groups in total. The molecular weight excluding hydrogens is 397 g/mol. The molecule has 1 heterocycles. The second kappa shape index (κ2) is 8.41. The molecule has 0 radical (unpaired) electrons. The van der Waals surface area contributed by atoms with Gasteiger partial charge in [-0.15, -0.1) is 0 Å². The molecule has 0 spiro atoms. The SMILES string of the molecule is COCCCOc1cc(C(F)(F)F)ccc1C1CC(=O)c2cccc(Cl)c2O1. The van der Waals surface area contributed by atoms with Crippen LogP contribution >= 0.6 is 11.6 Å². The average molecular weight is 415 g/mol. The Hall–Kier alpha value is -2.25. The van der Waals surface area contributed by atoms with Crippen molar-refractivity contribution in [2.75, 3.05) is 20.3 Å². The van der Waals surface area contributed by atoms with Crippen molar-refractivity contribution in [3.05, 3.63) is 58.1 Å². The predicted molar refractivity (Wildman–Crippen MR) is 97.2 cm³/mol. The molecule has 3 rings (SSSR count). The highest BCUT2D eigenvalue weighted by Crippen LogP contribution is 2.43. The fourth-order valence-corrected chi connectivity index (χ4v) is 3.19. The third kappa shape index (κ3) is 4.42. The van der Waals surface area contributed by atoms with E-state index >= 15 is 0 Å². The molecule has 0 amide bonds. The van der Waals surface area contributed by atoms with Crippen LogP contribution in [0, 0.1) is 0 Å². The Morgan fingerprint density at radius 2 is 2.00 bits per heavy atom. The van der Waals surface area contributed by atoms with Gasteiger partial charge in [-0.1, -0.05) is 23.7 Å². The van der Waals surface area contributed by atoms with E-state index in [-0.39, 0.29) is 35.3 Å². The van der Waals surface area contributed by atoms with Gasteiger partial charge < -0.3 is 14.2 Å². The summed E-state index contributed by atoms with van der Waals surface area (Å²) in [5.41, 5.74) is -0.110. The second-order valence-corrected chi connectivity index (χ2v) is 6.70. The molecule has 4 nitrogen and oxygen atoms in total. The molecule has 0 saturated carbocycles. The van der Waals surface area contributed by atoms with Crippen LogP contribution in [0.2, 0.25) is 5.02 Å². The van der Waals surface area contributed by atoms with Crippen LogP contribution < -0.4 is 9.47 Å². The lowest BCUT2D eigenvalue weighted by Gasteiger charge is -2.28. The predicted octanol–water partition coefficient (Wildman–Crippen LogP) is 5.48. The number of fused-ring (bicyclic) bond motifs is 1. The summed E-state index contributed by atoms with van der Waals surface area (Å²) in [7, 11) is 1.53. The lowest BCUT2D eigenvalue weighted by atomic mass is 9.95. The number of alkyl halides is 3. The van der Waals surface area contributed by atoms with Gasteiger partial charge >= 0.3 is 6.18 Å². The van der Waals surface area contributed by atoms with Crippen molar-refractivity contribution < 1.29 is 32.2 Å². The van der Waals surface area contributed by atoms with E-state index in [1.807, 2.05) is 0 Å². The maximum Gasteiger partial charge on any atom is 0.416 e. The van der Waals surface area contributed by atoms with Gasteiger partial charge in [-0.3, -0.25) is 4.79 Å². The first-order chi connectivity index (χ1) is 13.3. The maximum absolute atomic E-state index is 13.1. The number of benzene rings is 2. The molecule has 1 aliphatic rings. The van der Waals surface area contributed by atoms with Gasteiger partial charge in [0, 0.05) is 25.7 Å². The highest BCUT2D eigenvalue weighted by atomic mass is 35.5. The first-order valence-corrected chi connectivity index (χ1v) is 9.00. The molecule has 1 unspecified atom stereocenters. The summed E-state index contributed by atoms with van der Waals surface area (Å²) in [6.07, 6.45) is -4.82. The Bertz CT molecular complexity index is 867. The third-order valence-corrected chi connectivity index (χ3v) is 4.63. The molecule has 0 aromatic heterocycles.